The second kappa shape index (κ2) is 7.25. The molecule has 1 aromatic carbocycles. The average molecular weight is 269 g/mol. The third kappa shape index (κ3) is 3.97. The number of rotatable bonds is 4. The van der Waals surface area contributed by atoms with Crippen molar-refractivity contribution in [3.05, 3.63) is 23.8 Å². The minimum absolute atomic E-state index is 0. The monoisotopic (exact) mass is 269 g/mol. The van der Waals surface area contributed by atoms with Crippen molar-refractivity contribution in [3.63, 3.8) is 0 Å². The maximum atomic E-state index is 5.45. The van der Waals surface area contributed by atoms with Crippen LogP contribution in [0.3, 0.4) is 0 Å². The molecule has 0 N–H and O–H groups in total. The standard InChI is InChI=1S/C11H16O2.Y/c1-4-12-10-7-6-9(3)8-11(10)13-5-2;/h6-8H,4-5H2,1-3H3;. The molecule has 3 heteroatoms. The third-order valence-corrected chi connectivity index (χ3v) is 1.70. The number of benzene rings is 1. The van der Waals surface area contributed by atoms with E-state index in [0.29, 0.717) is 13.2 Å². The van der Waals surface area contributed by atoms with Gasteiger partial charge in [0.2, 0.25) is 0 Å². The SMILES string of the molecule is CCOc1ccc(C)cc1OCC.[Y]. The van der Waals surface area contributed by atoms with E-state index in [1.807, 2.05) is 39.0 Å². The molecule has 0 aliphatic carbocycles. The first-order chi connectivity index (χ1) is 6.27. The van der Waals surface area contributed by atoms with Crippen LogP contribution in [0.15, 0.2) is 18.2 Å². The van der Waals surface area contributed by atoms with Gasteiger partial charge in [-0.1, -0.05) is 6.07 Å². The van der Waals surface area contributed by atoms with E-state index in [4.69, 9.17) is 9.47 Å². The number of hydrogen-bond acceptors (Lipinski definition) is 2. The summed E-state index contributed by atoms with van der Waals surface area (Å²) in [6.45, 7) is 7.32. The van der Waals surface area contributed by atoms with E-state index >= 15 is 0 Å². The summed E-state index contributed by atoms with van der Waals surface area (Å²) in [5.41, 5.74) is 1.19. The van der Waals surface area contributed by atoms with Crippen molar-refractivity contribution >= 4 is 0 Å². The molecule has 0 aromatic heterocycles. The molecular weight excluding hydrogens is 253 g/mol. The van der Waals surface area contributed by atoms with Gasteiger partial charge in [-0.25, -0.2) is 0 Å². The van der Waals surface area contributed by atoms with Crippen LogP contribution in [0.25, 0.3) is 0 Å². The second-order valence-corrected chi connectivity index (χ2v) is 2.82. The van der Waals surface area contributed by atoms with Gasteiger partial charge in [0.25, 0.3) is 0 Å². The van der Waals surface area contributed by atoms with Gasteiger partial charge in [0.05, 0.1) is 13.2 Å². The maximum absolute atomic E-state index is 5.45. The summed E-state index contributed by atoms with van der Waals surface area (Å²) >= 11 is 0. The summed E-state index contributed by atoms with van der Waals surface area (Å²) in [5, 5.41) is 0. The molecule has 14 heavy (non-hydrogen) atoms. The van der Waals surface area contributed by atoms with Crippen molar-refractivity contribution in [1.82, 2.24) is 0 Å². The van der Waals surface area contributed by atoms with E-state index in [1.54, 1.807) is 0 Å². The van der Waals surface area contributed by atoms with E-state index in [2.05, 4.69) is 0 Å². The van der Waals surface area contributed by atoms with Gasteiger partial charge in [-0.15, -0.1) is 0 Å². The molecule has 75 valence electrons. The van der Waals surface area contributed by atoms with Crippen LogP contribution in [0, 0.1) is 6.92 Å². The Morgan fingerprint density at radius 1 is 1.00 bits per heavy atom. The minimum atomic E-state index is 0. The van der Waals surface area contributed by atoms with Gasteiger partial charge in [-0.2, -0.15) is 0 Å². The summed E-state index contributed by atoms with van der Waals surface area (Å²) in [5.74, 6) is 1.67. The molecule has 0 saturated carbocycles. The predicted octanol–water partition coefficient (Wildman–Crippen LogP) is 2.79. The van der Waals surface area contributed by atoms with Crippen LogP contribution in [0.1, 0.15) is 19.4 Å². The fraction of sp³-hybridized carbons (Fsp3) is 0.455. The zero-order valence-corrected chi connectivity index (χ0v) is 11.9. The molecule has 0 unspecified atom stereocenters. The molecule has 0 atom stereocenters. The Morgan fingerprint density at radius 3 is 2.14 bits per heavy atom. The average Bonchev–Trinajstić information content (AvgIpc) is 2.10. The Kier molecular flexibility index (Phi) is 7.21. The van der Waals surface area contributed by atoms with E-state index in [1.165, 1.54) is 5.56 Å². The first kappa shape index (κ1) is 13.9. The number of hydrogen-bond donors (Lipinski definition) is 0. The first-order valence-corrected chi connectivity index (χ1v) is 4.64. The number of aryl methyl sites for hydroxylation is 1. The third-order valence-electron chi connectivity index (χ3n) is 1.70. The zero-order chi connectivity index (χ0) is 9.68. The van der Waals surface area contributed by atoms with Crippen LogP contribution in [-0.2, 0) is 32.7 Å². The Bertz CT molecular complexity index is 274. The molecule has 0 amide bonds. The van der Waals surface area contributed by atoms with E-state index in [-0.39, 0.29) is 32.7 Å². The normalized spacial score (nSPS) is 9.07. The molecule has 0 spiro atoms. The maximum Gasteiger partial charge on any atom is 0.161 e. The number of ether oxygens (including phenoxy) is 2. The Balaban J connectivity index is 0.00000169. The van der Waals surface area contributed by atoms with Gasteiger partial charge in [0, 0.05) is 32.7 Å². The van der Waals surface area contributed by atoms with Crippen LogP contribution in [0.5, 0.6) is 11.5 Å². The zero-order valence-electron chi connectivity index (χ0n) is 9.04. The summed E-state index contributed by atoms with van der Waals surface area (Å²) in [7, 11) is 0. The van der Waals surface area contributed by atoms with Crippen molar-refractivity contribution in [3.8, 4) is 11.5 Å². The molecular formula is C11H16O2Y. The summed E-state index contributed by atoms with van der Waals surface area (Å²) in [6.07, 6.45) is 0. The molecule has 1 radical (unpaired) electrons. The minimum Gasteiger partial charge on any atom is -0.490 e. The van der Waals surface area contributed by atoms with Crippen molar-refractivity contribution in [2.24, 2.45) is 0 Å². The van der Waals surface area contributed by atoms with Gasteiger partial charge in [0.1, 0.15) is 0 Å². The quantitative estimate of drug-likeness (QED) is 0.836. The largest absolute Gasteiger partial charge is 0.490 e. The fourth-order valence-electron chi connectivity index (χ4n) is 1.16. The molecule has 0 fully saturated rings. The first-order valence-electron chi connectivity index (χ1n) is 4.64. The summed E-state index contributed by atoms with van der Waals surface area (Å²) in [6, 6.07) is 5.96. The topological polar surface area (TPSA) is 18.5 Å². The molecule has 1 rings (SSSR count). The summed E-state index contributed by atoms with van der Waals surface area (Å²) in [4.78, 5) is 0. The van der Waals surface area contributed by atoms with Crippen molar-refractivity contribution in [2.45, 2.75) is 20.8 Å². The Hall–Kier alpha value is -0.0761. The van der Waals surface area contributed by atoms with Crippen molar-refractivity contribution in [1.29, 1.82) is 0 Å². The van der Waals surface area contributed by atoms with Crippen molar-refractivity contribution in [2.75, 3.05) is 13.2 Å². The van der Waals surface area contributed by atoms with Gasteiger partial charge >= 0.3 is 0 Å². The Labute approximate surface area is 111 Å². The Morgan fingerprint density at radius 2 is 1.57 bits per heavy atom. The van der Waals surface area contributed by atoms with Gasteiger partial charge < -0.3 is 9.47 Å². The molecule has 0 bridgehead atoms. The summed E-state index contributed by atoms with van der Waals surface area (Å²) < 4.78 is 10.9. The molecule has 0 aliphatic heterocycles. The van der Waals surface area contributed by atoms with Gasteiger partial charge in [-0.3, -0.25) is 0 Å². The van der Waals surface area contributed by atoms with E-state index in [9.17, 15) is 0 Å². The molecule has 0 aliphatic rings. The molecule has 0 saturated heterocycles. The second-order valence-electron chi connectivity index (χ2n) is 2.82. The van der Waals surface area contributed by atoms with Crippen LogP contribution in [0.4, 0.5) is 0 Å². The van der Waals surface area contributed by atoms with Gasteiger partial charge in [0.15, 0.2) is 11.5 Å². The van der Waals surface area contributed by atoms with Crippen molar-refractivity contribution < 1.29 is 42.2 Å². The van der Waals surface area contributed by atoms with Crippen LogP contribution < -0.4 is 9.47 Å². The predicted molar refractivity (Wildman–Crippen MR) is 53.5 cm³/mol. The van der Waals surface area contributed by atoms with Crippen LogP contribution in [-0.4, -0.2) is 13.2 Å². The molecule has 1 aromatic rings. The van der Waals surface area contributed by atoms with Gasteiger partial charge in [-0.05, 0) is 38.5 Å². The smallest absolute Gasteiger partial charge is 0.161 e. The van der Waals surface area contributed by atoms with E-state index < -0.39 is 0 Å². The fourth-order valence-corrected chi connectivity index (χ4v) is 1.16. The van der Waals surface area contributed by atoms with Crippen LogP contribution in [0.2, 0.25) is 0 Å². The molecule has 2 nitrogen and oxygen atoms in total. The molecule has 0 heterocycles. The van der Waals surface area contributed by atoms with Crippen LogP contribution >= 0.6 is 0 Å². The van der Waals surface area contributed by atoms with E-state index in [0.717, 1.165) is 11.5 Å².